The van der Waals surface area contributed by atoms with Crippen LogP contribution in [-0.4, -0.2) is 31.4 Å². The zero-order valence-electron chi connectivity index (χ0n) is 11.0. The number of aliphatic carboxylic acids is 2. The van der Waals surface area contributed by atoms with Gasteiger partial charge in [-0.15, -0.1) is 0 Å². The fourth-order valence-electron chi connectivity index (χ4n) is 1.66. The lowest BCUT2D eigenvalue weighted by Gasteiger charge is -2.25. The highest BCUT2D eigenvalue weighted by Crippen LogP contribution is 2.16. The van der Waals surface area contributed by atoms with Crippen molar-refractivity contribution in [1.82, 2.24) is 0 Å². The molecule has 0 aliphatic rings. The van der Waals surface area contributed by atoms with Gasteiger partial charge in [0, 0.05) is 19.1 Å². The zero-order chi connectivity index (χ0) is 14.1. The molecule has 0 radical (unpaired) electrons. The number of carboxylic acid groups (broad SMARTS) is 2. The molecule has 0 N–H and O–H groups in total. The molecule has 0 fully saturated rings. The van der Waals surface area contributed by atoms with Gasteiger partial charge in [-0.2, -0.15) is 0 Å². The molecule has 0 saturated carbocycles. The van der Waals surface area contributed by atoms with E-state index < -0.39 is 23.8 Å². The summed E-state index contributed by atoms with van der Waals surface area (Å²) in [5.41, 5.74) is 0. The predicted molar refractivity (Wildman–Crippen MR) is 58.9 cm³/mol. The van der Waals surface area contributed by atoms with Gasteiger partial charge in [-0.1, -0.05) is 6.92 Å². The number of hydrogen-bond donors (Lipinski definition) is 0. The fraction of sp³-hybridized carbons (Fsp3) is 0.833. The van der Waals surface area contributed by atoms with Crippen molar-refractivity contribution in [2.75, 3.05) is 13.2 Å². The van der Waals surface area contributed by atoms with Crippen molar-refractivity contribution < 1.29 is 29.3 Å². The van der Waals surface area contributed by atoms with E-state index in [9.17, 15) is 19.8 Å². The summed E-state index contributed by atoms with van der Waals surface area (Å²) in [5.74, 6) is -5.34. The second-order valence-electron chi connectivity index (χ2n) is 4.13. The molecular weight excluding hydrogens is 240 g/mol. The molecule has 0 aliphatic heterocycles. The topological polar surface area (TPSA) is 98.7 Å². The molecule has 2 atom stereocenters. The number of carbonyl (C=O) groups is 2. The number of hydrogen-bond acceptors (Lipinski definition) is 6. The van der Waals surface area contributed by atoms with E-state index in [0.29, 0.717) is 26.1 Å². The molecular formula is C12H20O6-2. The van der Waals surface area contributed by atoms with E-state index in [1.807, 2.05) is 6.92 Å². The van der Waals surface area contributed by atoms with Crippen molar-refractivity contribution in [2.45, 2.75) is 39.9 Å². The second kappa shape index (κ2) is 8.88. The lowest BCUT2D eigenvalue weighted by molar-refractivity contribution is -0.334. The first kappa shape index (κ1) is 16.9. The number of carboxylic acids is 2. The lowest BCUT2D eigenvalue weighted by Crippen LogP contribution is -2.46. The highest BCUT2D eigenvalue weighted by atomic mass is 16.7. The van der Waals surface area contributed by atoms with Crippen molar-refractivity contribution in [3.8, 4) is 0 Å². The normalized spacial score (nSPS) is 14.4. The van der Waals surface area contributed by atoms with Gasteiger partial charge in [0.2, 0.25) is 0 Å². The summed E-state index contributed by atoms with van der Waals surface area (Å²) in [6.45, 7) is 6.10. The molecule has 0 aromatic rings. The summed E-state index contributed by atoms with van der Waals surface area (Å²) >= 11 is 0. The van der Waals surface area contributed by atoms with Crippen molar-refractivity contribution in [1.29, 1.82) is 0 Å². The van der Waals surface area contributed by atoms with E-state index in [2.05, 4.69) is 0 Å². The van der Waals surface area contributed by atoms with Crippen LogP contribution in [0.5, 0.6) is 0 Å². The zero-order valence-corrected chi connectivity index (χ0v) is 11.0. The maximum atomic E-state index is 10.6. The third-order valence-corrected chi connectivity index (χ3v) is 2.63. The van der Waals surface area contributed by atoms with Crippen LogP contribution in [0.1, 0.15) is 33.6 Å². The molecule has 0 heterocycles. The van der Waals surface area contributed by atoms with Crippen LogP contribution in [0, 0.1) is 11.8 Å². The summed E-state index contributed by atoms with van der Waals surface area (Å²) in [7, 11) is 0. The Hall–Kier alpha value is -1.14. The predicted octanol–water partition coefficient (Wildman–Crippen LogP) is -1.08. The van der Waals surface area contributed by atoms with Crippen LogP contribution in [0.2, 0.25) is 0 Å². The molecule has 0 bridgehead atoms. The van der Waals surface area contributed by atoms with Crippen LogP contribution in [-0.2, 0) is 19.1 Å². The Morgan fingerprint density at radius 3 is 2.11 bits per heavy atom. The summed E-state index contributed by atoms with van der Waals surface area (Å²) in [6.07, 6.45) is 0.643. The lowest BCUT2D eigenvalue weighted by atomic mass is 9.90. The number of carbonyl (C=O) groups excluding carboxylic acids is 2. The van der Waals surface area contributed by atoms with Gasteiger partial charge in [-0.25, -0.2) is 0 Å². The third kappa shape index (κ3) is 6.56. The van der Waals surface area contributed by atoms with Crippen LogP contribution in [0.4, 0.5) is 0 Å². The quantitative estimate of drug-likeness (QED) is 0.281. The van der Waals surface area contributed by atoms with Gasteiger partial charge >= 0.3 is 0 Å². The Labute approximate surface area is 107 Å². The van der Waals surface area contributed by atoms with Crippen LogP contribution in [0.25, 0.3) is 0 Å². The van der Waals surface area contributed by atoms with Gasteiger partial charge in [0.15, 0.2) is 6.29 Å². The average molecular weight is 260 g/mol. The maximum Gasteiger partial charge on any atom is 0.154 e. The first-order valence-corrected chi connectivity index (χ1v) is 6.05. The largest absolute Gasteiger partial charge is 0.549 e. The Morgan fingerprint density at radius 2 is 1.67 bits per heavy atom. The maximum absolute atomic E-state index is 10.6. The first-order chi connectivity index (χ1) is 8.40. The Bertz CT molecular complexity index is 251. The monoisotopic (exact) mass is 260 g/mol. The van der Waals surface area contributed by atoms with Crippen molar-refractivity contribution in [3.05, 3.63) is 0 Å². The van der Waals surface area contributed by atoms with Gasteiger partial charge in [0.1, 0.15) is 0 Å². The third-order valence-electron chi connectivity index (χ3n) is 2.63. The highest BCUT2D eigenvalue weighted by Gasteiger charge is 2.19. The van der Waals surface area contributed by atoms with Crippen molar-refractivity contribution in [3.63, 3.8) is 0 Å². The molecule has 0 aliphatic carbocycles. The average Bonchev–Trinajstić information content (AvgIpc) is 2.23. The van der Waals surface area contributed by atoms with Gasteiger partial charge in [0.25, 0.3) is 0 Å². The standard InChI is InChI=1S/C12H22O6/c1-4-17-9(3)18-7-5-6-8(2)10(11(13)14)12(15)16/h8-10H,4-7H2,1-3H3,(H,13,14)(H,15,16)/p-2. The van der Waals surface area contributed by atoms with Gasteiger partial charge in [-0.3, -0.25) is 0 Å². The van der Waals surface area contributed by atoms with Gasteiger partial charge < -0.3 is 29.3 Å². The molecule has 0 amide bonds. The van der Waals surface area contributed by atoms with E-state index >= 15 is 0 Å². The molecule has 106 valence electrons. The molecule has 18 heavy (non-hydrogen) atoms. The summed E-state index contributed by atoms with van der Waals surface area (Å²) in [5, 5.41) is 21.3. The minimum absolute atomic E-state index is 0.316. The molecule has 0 aromatic carbocycles. The van der Waals surface area contributed by atoms with E-state index in [1.165, 1.54) is 0 Å². The summed E-state index contributed by atoms with van der Waals surface area (Å²) in [6, 6.07) is 0. The molecule has 6 nitrogen and oxygen atoms in total. The Balaban J connectivity index is 3.91. The summed E-state index contributed by atoms with van der Waals surface area (Å²) in [4.78, 5) is 21.3. The SMILES string of the molecule is CCOC(C)OCCCC(C)C(C(=O)[O-])C(=O)[O-]. The molecule has 2 unspecified atom stereocenters. The minimum atomic E-state index is -1.61. The fourth-order valence-corrected chi connectivity index (χ4v) is 1.66. The van der Waals surface area contributed by atoms with Gasteiger partial charge in [-0.05, 0) is 32.6 Å². The number of ether oxygens (including phenoxy) is 2. The van der Waals surface area contributed by atoms with Crippen molar-refractivity contribution in [2.24, 2.45) is 11.8 Å². The van der Waals surface area contributed by atoms with Crippen LogP contribution in [0.3, 0.4) is 0 Å². The molecule has 0 spiro atoms. The van der Waals surface area contributed by atoms with E-state index in [0.717, 1.165) is 0 Å². The molecule has 0 saturated heterocycles. The minimum Gasteiger partial charge on any atom is -0.549 e. The summed E-state index contributed by atoms with van der Waals surface area (Å²) < 4.78 is 10.4. The van der Waals surface area contributed by atoms with E-state index in [4.69, 9.17) is 9.47 Å². The van der Waals surface area contributed by atoms with Crippen LogP contribution in [0.15, 0.2) is 0 Å². The van der Waals surface area contributed by atoms with Crippen LogP contribution >= 0.6 is 0 Å². The van der Waals surface area contributed by atoms with Crippen LogP contribution < -0.4 is 10.2 Å². The number of rotatable bonds is 10. The highest BCUT2D eigenvalue weighted by molar-refractivity contribution is 5.91. The molecule has 6 heteroatoms. The Kier molecular flexibility index (Phi) is 8.32. The second-order valence-corrected chi connectivity index (χ2v) is 4.13. The molecule has 0 rings (SSSR count). The van der Waals surface area contributed by atoms with E-state index in [1.54, 1.807) is 13.8 Å². The Morgan fingerprint density at radius 1 is 1.11 bits per heavy atom. The van der Waals surface area contributed by atoms with Crippen molar-refractivity contribution >= 4 is 11.9 Å². The van der Waals surface area contributed by atoms with E-state index in [-0.39, 0.29) is 6.29 Å². The molecule has 0 aromatic heterocycles. The van der Waals surface area contributed by atoms with Gasteiger partial charge in [0.05, 0.1) is 11.9 Å². The smallest absolute Gasteiger partial charge is 0.154 e. The first-order valence-electron chi connectivity index (χ1n) is 6.05.